The summed E-state index contributed by atoms with van der Waals surface area (Å²) in [6, 6.07) is 72.8. The number of phenolic OH excluding ortho intramolecular Hbond substituents is 2. The first kappa shape index (κ1) is 48.7. The Balaban J connectivity index is 1.49. The number of ether oxygens (including phenoxy) is 2. The fourth-order valence-corrected chi connectivity index (χ4v) is 11.6. The van der Waals surface area contributed by atoms with Crippen molar-refractivity contribution < 1.29 is 19.7 Å². The van der Waals surface area contributed by atoms with Crippen LogP contribution in [0.1, 0.15) is 10.0 Å². The molecule has 0 unspecified atom stereocenters. The third-order valence-electron chi connectivity index (χ3n) is 13.2. The standard InChI is InChI=1S/C62H44B2N6O4S2/c1-66-60(62-68-53-37-50(74-3)33-35-59(53)76-62)57-39-55(42-26-30-48(72)31-27-42)69(63(43-16-8-4-9-17-43)44-18-10-5-11-19-44)56(51(40-65)61-67-52-36-49(73-2)32-34-58(52)75-61)38-54(41-24-28-47(71)29-25-41)70(57)64(45-20-12-6-13-21-45)46-22-14-7-15-23-46/h4-39,71-72H,2-3H3/b54-38?,55-39?,56-51-,60-57+. The average molecular weight is 1020 g/mol. The van der Waals surface area contributed by atoms with Crippen molar-refractivity contribution >= 4 is 89.9 Å². The van der Waals surface area contributed by atoms with E-state index in [0.717, 1.165) is 31.3 Å². The van der Waals surface area contributed by atoms with Gasteiger partial charge in [0, 0.05) is 28.9 Å². The second kappa shape index (κ2) is 21.5. The van der Waals surface area contributed by atoms with Gasteiger partial charge in [0.2, 0.25) is 5.70 Å². The largest absolute Gasteiger partial charge is 0.508 e. The average Bonchev–Trinajstić information content (AvgIpc) is 4.16. The number of benzene rings is 8. The van der Waals surface area contributed by atoms with E-state index < -0.39 is 13.7 Å². The summed E-state index contributed by atoms with van der Waals surface area (Å²) in [5.41, 5.74) is 8.01. The summed E-state index contributed by atoms with van der Waals surface area (Å²) < 4.78 is 17.4. The van der Waals surface area contributed by atoms with Crippen molar-refractivity contribution in [3.63, 3.8) is 0 Å². The van der Waals surface area contributed by atoms with Crippen molar-refractivity contribution in [1.82, 2.24) is 18.9 Å². The Bertz CT molecular complexity index is 3840. The van der Waals surface area contributed by atoms with E-state index in [1.165, 1.54) is 22.7 Å². The highest BCUT2D eigenvalue weighted by molar-refractivity contribution is 7.20. The van der Waals surface area contributed by atoms with E-state index in [1.54, 1.807) is 38.5 Å². The number of hydrogen-bond acceptors (Lipinski definition) is 9. The van der Waals surface area contributed by atoms with Gasteiger partial charge in [-0.3, -0.25) is 0 Å². The van der Waals surface area contributed by atoms with Crippen LogP contribution in [-0.2, 0) is 0 Å². The number of fused-ring (bicyclic) bond motifs is 2. The number of nitrogens with zero attached hydrogens (tertiary/aromatic N) is 6. The molecule has 14 heteroatoms. The maximum absolute atomic E-state index is 12.0. The van der Waals surface area contributed by atoms with E-state index in [0.29, 0.717) is 65.8 Å². The lowest BCUT2D eigenvalue weighted by molar-refractivity contribution is 0.415. The number of methoxy groups -OCH3 is 2. The molecule has 364 valence electrons. The maximum atomic E-state index is 12.0. The van der Waals surface area contributed by atoms with Gasteiger partial charge in [0.1, 0.15) is 44.7 Å². The molecule has 0 saturated carbocycles. The van der Waals surface area contributed by atoms with Crippen molar-refractivity contribution in [2.24, 2.45) is 0 Å². The predicted molar refractivity (Wildman–Crippen MR) is 310 cm³/mol. The van der Waals surface area contributed by atoms with Crippen LogP contribution < -0.4 is 42.0 Å². The zero-order chi connectivity index (χ0) is 52.1. The molecular formula is C62H44B2N6O4S2. The molecule has 0 amide bonds. The van der Waals surface area contributed by atoms with Gasteiger partial charge < -0.3 is 28.6 Å². The first-order chi connectivity index (χ1) is 37.3. The molecule has 10 nitrogen and oxygen atoms in total. The van der Waals surface area contributed by atoms with Crippen LogP contribution in [0.4, 0.5) is 0 Å². The molecule has 0 spiro atoms. The van der Waals surface area contributed by atoms with Gasteiger partial charge in [-0.2, -0.15) is 5.26 Å². The third kappa shape index (κ3) is 9.58. The minimum atomic E-state index is -0.634. The predicted octanol–water partition coefficient (Wildman–Crippen LogP) is 9.50. The topological polar surface area (TPSA) is 123 Å². The highest BCUT2D eigenvalue weighted by atomic mass is 32.1. The fourth-order valence-electron chi connectivity index (χ4n) is 9.67. The lowest BCUT2D eigenvalue weighted by atomic mass is 9.49. The number of aromatic hydroxyl groups is 2. The van der Waals surface area contributed by atoms with Crippen molar-refractivity contribution in [2.45, 2.75) is 0 Å². The van der Waals surface area contributed by atoms with Gasteiger partial charge >= 0.3 is 13.7 Å². The number of hydrogen-bond donors (Lipinski definition) is 2. The van der Waals surface area contributed by atoms with Crippen LogP contribution in [0.5, 0.6) is 23.0 Å². The SMILES string of the molecule is [C-]#[N+]/C(c1nc2cc(OC)ccc2s1)=c1\cc(-c2ccc(O)cc2)n(B(c2ccccc2)c2ccccc2)/c(=C(/C#N)c2nc3cc(OC)ccc3s2)cc(-c2ccc(O)cc2)n1B(c1ccccc1)c1ccccc1. The summed E-state index contributed by atoms with van der Waals surface area (Å²) >= 11 is 2.81. The molecule has 0 aliphatic heterocycles. The summed E-state index contributed by atoms with van der Waals surface area (Å²) in [6.07, 6.45) is 0. The molecule has 3 heterocycles. The first-order valence-electron chi connectivity index (χ1n) is 24.3. The normalized spacial score (nSPS) is 11.8. The highest BCUT2D eigenvalue weighted by Gasteiger charge is 2.31. The molecule has 11 aromatic rings. The monoisotopic (exact) mass is 1020 g/mol. The molecule has 3 aromatic heterocycles. The zero-order valence-corrected chi connectivity index (χ0v) is 42.8. The zero-order valence-electron chi connectivity index (χ0n) is 41.2. The molecule has 0 atom stereocenters. The van der Waals surface area contributed by atoms with Crippen LogP contribution in [0.2, 0.25) is 0 Å². The lowest BCUT2D eigenvalue weighted by Crippen LogP contribution is -2.56. The van der Waals surface area contributed by atoms with Crippen LogP contribution in [-0.4, -0.2) is 57.1 Å². The Morgan fingerprint density at radius 1 is 0.513 bits per heavy atom. The van der Waals surface area contributed by atoms with E-state index >= 15 is 0 Å². The van der Waals surface area contributed by atoms with Crippen LogP contribution >= 0.6 is 22.7 Å². The number of phenols is 2. The molecule has 2 N–H and O–H groups in total. The fraction of sp³-hybridized carbons (Fsp3) is 0.0323. The molecule has 0 bridgehead atoms. The first-order valence-corrected chi connectivity index (χ1v) is 25.9. The molecule has 76 heavy (non-hydrogen) atoms. The summed E-state index contributed by atoms with van der Waals surface area (Å²) in [5, 5.41) is 35.9. The van der Waals surface area contributed by atoms with E-state index in [4.69, 9.17) is 19.4 Å². The van der Waals surface area contributed by atoms with Crippen LogP contribution in [0.15, 0.2) is 218 Å². The van der Waals surface area contributed by atoms with Gasteiger partial charge in [0.25, 0.3) is 0 Å². The Kier molecular flexibility index (Phi) is 13.8. The molecule has 0 aliphatic carbocycles. The number of rotatable bonds is 12. The molecular weight excluding hydrogens is 978 g/mol. The molecule has 0 saturated heterocycles. The van der Waals surface area contributed by atoms with Crippen LogP contribution in [0, 0.1) is 17.9 Å². The Morgan fingerprint density at radius 2 is 0.895 bits per heavy atom. The van der Waals surface area contributed by atoms with Gasteiger partial charge in [0.15, 0.2) is 0 Å². The van der Waals surface area contributed by atoms with Gasteiger partial charge in [-0.1, -0.05) is 143 Å². The molecule has 0 aliphatic rings. The Hall–Kier alpha value is -9.59. The molecule has 0 fully saturated rings. The van der Waals surface area contributed by atoms with Crippen LogP contribution in [0.25, 0.3) is 59.1 Å². The van der Waals surface area contributed by atoms with E-state index in [9.17, 15) is 22.0 Å². The third-order valence-corrected chi connectivity index (χ3v) is 15.3. The Morgan fingerprint density at radius 3 is 1.29 bits per heavy atom. The van der Waals surface area contributed by atoms with Crippen molar-refractivity contribution in [2.75, 3.05) is 14.2 Å². The van der Waals surface area contributed by atoms with Crippen molar-refractivity contribution in [3.05, 3.63) is 251 Å². The summed E-state index contributed by atoms with van der Waals surface area (Å²) in [7, 11) is 3.23. The summed E-state index contributed by atoms with van der Waals surface area (Å²) in [5.74, 6) is 1.40. The van der Waals surface area contributed by atoms with Gasteiger partial charge in [-0.25, -0.2) is 14.8 Å². The van der Waals surface area contributed by atoms with Crippen molar-refractivity contribution in [3.8, 4) is 51.6 Å². The number of nitriles is 1. The number of aromatic nitrogens is 4. The van der Waals surface area contributed by atoms with Gasteiger partial charge in [-0.05, 0) is 96.1 Å². The quantitative estimate of drug-likeness (QED) is 0.0924. The second-order valence-corrected chi connectivity index (χ2v) is 19.8. The molecule has 8 aromatic carbocycles. The van der Waals surface area contributed by atoms with E-state index in [2.05, 4.69) is 68.4 Å². The van der Waals surface area contributed by atoms with E-state index in [-0.39, 0.29) is 22.8 Å². The minimum absolute atomic E-state index is 0.0645. The molecule has 0 radical (unpaired) electrons. The Labute approximate surface area is 447 Å². The highest BCUT2D eigenvalue weighted by Crippen LogP contribution is 2.33. The van der Waals surface area contributed by atoms with Gasteiger partial charge in [0.05, 0.1) is 46.6 Å². The van der Waals surface area contributed by atoms with Gasteiger partial charge in [-0.15, -0.1) is 22.7 Å². The second-order valence-electron chi connectivity index (χ2n) is 17.8. The summed E-state index contributed by atoms with van der Waals surface area (Å²) in [6.45, 7) is 8.11. The molecule has 11 rings (SSSR count). The maximum Gasteiger partial charge on any atom is 0.328 e. The minimum Gasteiger partial charge on any atom is -0.508 e. The van der Waals surface area contributed by atoms with Crippen LogP contribution in [0.3, 0.4) is 0 Å². The smallest absolute Gasteiger partial charge is 0.328 e. The summed E-state index contributed by atoms with van der Waals surface area (Å²) in [4.78, 5) is 14.9. The number of thiazole rings is 2. The van der Waals surface area contributed by atoms with Crippen molar-refractivity contribution in [1.29, 1.82) is 5.26 Å². The lowest BCUT2D eigenvalue weighted by Gasteiger charge is -2.28. The van der Waals surface area contributed by atoms with E-state index in [1.807, 2.05) is 146 Å².